The third-order valence-corrected chi connectivity index (χ3v) is 3.43. The van der Waals surface area contributed by atoms with Gasteiger partial charge in [0.15, 0.2) is 0 Å². The lowest BCUT2D eigenvalue weighted by Gasteiger charge is -2.10. The van der Waals surface area contributed by atoms with Gasteiger partial charge in [-0.3, -0.25) is 10.1 Å². The molecular formula is C14H12Cl2N2O3. The highest BCUT2D eigenvalue weighted by atomic mass is 35.5. The van der Waals surface area contributed by atoms with Crippen LogP contribution in [0.1, 0.15) is 5.56 Å². The molecule has 0 aliphatic carbocycles. The molecule has 1 N–H and O–H groups in total. The minimum absolute atomic E-state index is 0.0177. The van der Waals surface area contributed by atoms with E-state index in [-0.39, 0.29) is 12.2 Å². The van der Waals surface area contributed by atoms with E-state index in [0.29, 0.717) is 21.4 Å². The van der Waals surface area contributed by atoms with E-state index in [9.17, 15) is 10.1 Å². The first kappa shape index (κ1) is 15.4. The molecule has 0 bridgehead atoms. The van der Waals surface area contributed by atoms with E-state index in [1.54, 1.807) is 30.3 Å². The number of rotatable bonds is 5. The summed E-state index contributed by atoms with van der Waals surface area (Å²) < 4.78 is 5.12. The summed E-state index contributed by atoms with van der Waals surface area (Å²) in [6.07, 6.45) is 0. The van der Waals surface area contributed by atoms with Crippen LogP contribution in [0.2, 0.25) is 10.0 Å². The molecule has 0 spiro atoms. The van der Waals surface area contributed by atoms with Crippen LogP contribution in [0.3, 0.4) is 0 Å². The number of nitro groups is 1. The van der Waals surface area contributed by atoms with Gasteiger partial charge >= 0.3 is 0 Å². The van der Waals surface area contributed by atoms with Crippen molar-refractivity contribution < 1.29 is 9.66 Å². The fraction of sp³-hybridized carbons (Fsp3) is 0.143. The molecule has 7 heteroatoms. The van der Waals surface area contributed by atoms with Crippen molar-refractivity contribution in [2.45, 2.75) is 6.54 Å². The van der Waals surface area contributed by atoms with Crippen molar-refractivity contribution in [3.8, 4) is 5.75 Å². The summed E-state index contributed by atoms with van der Waals surface area (Å²) in [4.78, 5) is 10.6. The molecule has 2 aromatic carbocycles. The first-order valence-electron chi connectivity index (χ1n) is 6.01. The molecule has 0 heterocycles. The number of nitrogens with zero attached hydrogens (tertiary/aromatic N) is 1. The molecule has 2 rings (SSSR count). The maximum Gasteiger partial charge on any atom is 0.275 e. The summed E-state index contributed by atoms with van der Waals surface area (Å²) in [5.74, 6) is 0.535. The number of halogens is 2. The van der Waals surface area contributed by atoms with E-state index in [2.05, 4.69) is 5.32 Å². The number of hydrogen-bond acceptors (Lipinski definition) is 4. The average Bonchev–Trinajstić information content (AvgIpc) is 2.47. The van der Waals surface area contributed by atoms with Gasteiger partial charge in [0.25, 0.3) is 5.69 Å². The molecule has 0 radical (unpaired) electrons. The Labute approximate surface area is 131 Å². The fourth-order valence-corrected chi connectivity index (χ4v) is 2.18. The fourth-order valence-electron chi connectivity index (χ4n) is 1.82. The average molecular weight is 327 g/mol. The van der Waals surface area contributed by atoms with Crippen LogP contribution in [-0.4, -0.2) is 12.0 Å². The van der Waals surface area contributed by atoms with E-state index in [4.69, 9.17) is 27.9 Å². The smallest absolute Gasteiger partial charge is 0.275 e. The van der Waals surface area contributed by atoms with Gasteiger partial charge in [0.2, 0.25) is 0 Å². The molecule has 0 saturated heterocycles. The largest absolute Gasteiger partial charge is 0.495 e. The molecule has 21 heavy (non-hydrogen) atoms. The zero-order chi connectivity index (χ0) is 15.4. The maximum atomic E-state index is 11.0. The Kier molecular flexibility index (Phi) is 4.88. The number of benzene rings is 2. The normalized spacial score (nSPS) is 10.2. The standard InChI is InChI=1S/C14H12Cl2N2O3/c1-21-14-7-11(4-5-12(14)16)17-8-9-2-3-10(15)6-13(9)18(19)20/h2-7,17H,8H2,1H3. The van der Waals surface area contributed by atoms with Gasteiger partial charge < -0.3 is 10.1 Å². The second-order valence-electron chi connectivity index (χ2n) is 4.23. The van der Waals surface area contributed by atoms with Crippen LogP contribution in [0, 0.1) is 10.1 Å². The summed E-state index contributed by atoms with van der Waals surface area (Å²) in [5, 5.41) is 14.9. The summed E-state index contributed by atoms with van der Waals surface area (Å²) >= 11 is 11.7. The third kappa shape index (κ3) is 3.77. The Morgan fingerprint density at radius 1 is 1.24 bits per heavy atom. The molecule has 0 atom stereocenters. The number of anilines is 1. The van der Waals surface area contributed by atoms with Crippen LogP contribution < -0.4 is 10.1 Å². The number of nitrogens with one attached hydrogen (secondary N) is 1. The van der Waals surface area contributed by atoms with Crippen LogP contribution in [0.5, 0.6) is 5.75 Å². The van der Waals surface area contributed by atoms with E-state index < -0.39 is 4.92 Å². The Hall–Kier alpha value is -1.98. The second kappa shape index (κ2) is 6.65. The topological polar surface area (TPSA) is 64.4 Å². The summed E-state index contributed by atoms with van der Waals surface area (Å²) in [6.45, 7) is 0.290. The molecule has 0 aliphatic heterocycles. The highest BCUT2D eigenvalue weighted by Crippen LogP contribution is 2.28. The number of methoxy groups -OCH3 is 1. The number of hydrogen-bond donors (Lipinski definition) is 1. The van der Waals surface area contributed by atoms with Gasteiger partial charge in [-0.1, -0.05) is 23.2 Å². The van der Waals surface area contributed by atoms with Crippen LogP contribution in [-0.2, 0) is 6.54 Å². The van der Waals surface area contributed by atoms with Crippen molar-refractivity contribution in [3.63, 3.8) is 0 Å². The molecule has 110 valence electrons. The zero-order valence-corrected chi connectivity index (χ0v) is 12.6. The lowest BCUT2D eigenvalue weighted by Crippen LogP contribution is -2.03. The summed E-state index contributed by atoms with van der Waals surface area (Å²) in [5.41, 5.74) is 1.27. The lowest BCUT2D eigenvalue weighted by molar-refractivity contribution is -0.385. The summed E-state index contributed by atoms with van der Waals surface area (Å²) in [7, 11) is 1.52. The second-order valence-corrected chi connectivity index (χ2v) is 5.08. The van der Waals surface area contributed by atoms with E-state index in [1.807, 2.05) is 0 Å². The molecule has 0 unspecified atom stereocenters. The van der Waals surface area contributed by atoms with E-state index in [0.717, 1.165) is 5.69 Å². The van der Waals surface area contributed by atoms with Gasteiger partial charge in [0.1, 0.15) is 5.75 Å². The zero-order valence-electron chi connectivity index (χ0n) is 11.1. The predicted octanol–water partition coefficient (Wildman–Crippen LogP) is 4.52. The Morgan fingerprint density at radius 2 is 2.00 bits per heavy atom. The third-order valence-electron chi connectivity index (χ3n) is 2.88. The van der Waals surface area contributed by atoms with Crippen LogP contribution in [0.4, 0.5) is 11.4 Å². The molecule has 0 saturated carbocycles. The maximum absolute atomic E-state index is 11.0. The van der Waals surface area contributed by atoms with Crippen LogP contribution >= 0.6 is 23.2 Å². The Bertz CT molecular complexity index is 677. The highest BCUT2D eigenvalue weighted by molar-refractivity contribution is 6.32. The predicted molar refractivity (Wildman–Crippen MR) is 83.4 cm³/mol. The minimum Gasteiger partial charge on any atom is -0.495 e. The molecule has 2 aromatic rings. The first-order chi connectivity index (χ1) is 10.0. The van der Waals surface area contributed by atoms with Crippen molar-refractivity contribution >= 4 is 34.6 Å². The molecular weight excluding hydrogens is 315 g/mol. The SMILES string of the molecule is COc1cc(NCc2ccc(Cl)cc2[N+](=O)[O-])ccc1Cl. The Balaban J connectivity index is 2.18. The van der Waals surface area contributed by atoms with Crippen molar-refractivity contribution in [2.75, 3.05) is 12.4 Å². The molecule has 5 nitrogen and oxygen atoms in total. The first-order valence-corrected chi connectivity index (χ1v) is 6.77. The van der Waals surface area contributed by atoms with E-state index in [1.165, 1.54) is 13.2 Å². The van der Waals surface area contributed by atoms with Gasteiger partial charge in [-0.15, -0.1) is 0 Å². The van der Waals surface area contributed by atoms with Gasteiger partial charge in [-0.2, -0.15) is 0 Å². The quantitative estimate of drug-likeness (QED) is 0.648. The highest BCUT2D eigenvalue weighted by Gasteiger charge is 2.14. The van der Waals surface area contributed by atoms with Crippen molar-refractivity contribution in [1.82, 2.24) is 0 Å². The van der Waals surface area contributed by atoms with Crippen LogP contribution in [0.25, 0.3) is 0 Å². The van der Waals surface area contributed by atoms with Crippen molar-refractivity contribution in [1.29, 1.82) is 0 Å². The summed E-state index contributed by atoms with van der Waals surface area (Å²) in [6, 6.07) is 9.77. The lowest BCUT2D eigenvalue weighted by atomic mass is 10.1. The number of nitro benzene ring substituents is 1. The van der Waals surface area contributed by atoms with Crippen molar-refractivity contribution in [3.05, 3.63) is 62.1 Å². The monoisotopic (exact) mass is 326 g/mol. The van der Waals surface area contributed by atoms with Gasteiger partial charge in [0.05, 0.1) is 17.1 Å². The Morgan fingerprint density at radius 3 is 2.67 bits per heavy atom. The van der Waals surface area contributed by atoms with Crippen molar-refractivity contribution in [2.24, 2.45) is 0 Å². The van der Waals surface area contributed by atoms with Gasteiger partial charge in [-0.05, 0) is 24.3 Å². The van der Waals surface area contributed by atoms with Gasteiger partial charge in [0, 0.05) is 35.0 Å². The van der Waals surface area contributed by atoms with Gasteiger partial charge in [-0.25, -0.2) is 0 Å². The molecule has 0 aromatic heterocycles. The van der Waals surface area contributed by atoms with E-state index >= 15 is 0 Å². The van der Waals surface area contributed by atoms with Crippen LogP contribution in [0.15, 0.2) is 36.4 Å². The molecule has 0 fully saturated rings. The molecule has 0 amide bonds. The molecule has 0 aliphatic rings. The number of ether oxygens (including phenoxy) is 1. The minimum atomic E-state index is -0.453.